The van der Waals surface area contributed by atoms with Gasteiger partial charge in [-0.2, -0.15) is 5.10 Å². The zero-order valence-corrected chi connectivity index (χ0v) is 24.2. The van der Waals surface area contributed by atoms with Crippen LogP contribution >= 0.6 is 0 Å². The van der Waals surface area contributed by atoms with Crippen LogP contribution in [0.3, 0.4) is 0 Å². The van der Waals surface area contributed by atoms with Crippen LogP contribution in [0.15, 0.2) is 96.2 Å². The molecule has 0 radical (unpaired) electrons. The highest BCUT2D eigenvalue weighted by Gasteiger charge is 2.19. The fourth-order valence-electron chi connectivity index (χ4n) is 5.31. The van der Waals surface area contributed by atoms with Crippen LogP contribution in [0.2, 0.25) is 0 Å². The van der Waals surface area contributed by atoms with Crippen molar-refractivity contribution in [3.8, 4) is 28.4 Å². The van der Waals surface area contributed by atoms with E-state index in [1.54, 1.807) is 6.07 Å². The molecule has 13 heteroatoms. The van der Waals surface area contributed by atoms with Gasteiger partial charge in [-0.25, -0.2) is 18.7 Å². The normalized spacial score (nSPS) is 13.1. The molecule has 0 atom stereocenters. The molecule has 1 aliphatic rings. The topological polar surface area (TPSA) is 130 Å². The van der Waals surface area contributed by atoms with E-state index in [1.165, 1.54) is 59.6 Å². The minimum Gasteiger partial charge on any atom is -0.453 e. The minimum absolute atomic E-state index is 0.0849. The number of pyridine rings is 1. The number of anilines is 2. The van der Waals surface area contributed by atoms with Crippen LogP contribution in [0.1, 0.15) is 10.5 Å². The van der Waals surface area contributed by atoms with Gasteiger partial charge >= 0.3 is 0 Å². The summed E-state index contributed by atoms with van der Waals surface area (Å²) in [6.07, 6.45) is 4.17. The van der Waals surface area contributed by atoms with Gasteiger partial charge in [0, 0.05) is 73.5 Å². The number of amides is 1. The van der Waals surface area contributed by atoms with Crippen molar-refractivity contribution in [2.45, 2.75) is 0 Å². The lowest BCUT2D eigenvalue weighted by Gasteiger charge is -2.29. The Balaban J connectivity index is 1.11. The summed E-state index contributed by atoms with van der Waals surface area (Å²) in [6.45, 7) is 3.74. The Morgan fingerprint density at radius 2 is 1.63 bits per heavy atom. The lowest BCUT2D eigenvalue weighted by Crippen LogP contribution is -2.43. The molecule has 3 aromatic heterocycles. The number of hydrogen-bond donors (Lipinski definition) is 3. The lowest BCUT2D eigenvalue weighted by molar-refractivity contribution is 0.102. The van der Waals surface area contributed by atoms with E-state index in [9.17, 15) is 14.0 Å². The number of fused-ring (bicyclic) bond motifs is 1. The quantitative estimate of drug-likeness (QED) is 0.230. The van der Waals surface area contributed by atoms with Crippen LogP contribution in [0.5, 0.6) is 11.5 Å². The summed E-state index contributed by atoms with van der Waals surface area (Å²) in [6, 6.07) is 18.8. The number of halogens is 2. The second-order valence-electron chi connectivity index (χ2n) is 10.5. The fourth-order valence-corrected chi connectivity index (χ4v) is 5.31. The molecule has 1 aliphatic heterocycles. The van der Waals surface area contributed by atoms with Crippen molar-refractivity contribution in [1.82, 2.24) is 30.0 Å². The van der Waals surface area contributed by atoms with Crippen molar-refractivity contribution in [3.05, 3.63) is 119 Å². The van der Waals surface area contributed by atoms with Gasteiger partial charge in [0.05, 0.1) is 5.39 Å². The predicted molar refractivity (Wildman–Crippen MR) is 169 cm³/mol. The number of nitrogens with zero attached hydrogens (tertiary/aromatic N) is 5. The zero-order chi connectivity index (χ0) is 31.6. The molecule has 0 unspecified atom stereocenters. The van der Waals surface area contributed by atoms with Crippen LogP contribution in [0, 0.1) is 11.6 Å². The molecule has 1 amide bonds. The van der Waals surface area contributed by atoms with Crippen LogP contribution in [-0.2, 0) is 0 Å². The molecule has 7 rings (SSSR count). The minimum atomic E-state index is -0.837. The maximum atomic E-state index is 15.3. The highest BCUT2D eigenvalue weighted by Crippen LogP contribution is 2.36. The first-order valence-electron chi connectivity index (χ1n) is 14.5. The number of benzene rings is 3. The summed E-state index contributed by atoms with van der Waals surface area (Å²) < 4.78 is 35.8. The molecule has 11 nitrogen and oxygen atoms in total. The molecule has 3 aromatic carbocycles. The summed E-state index contributed by atoms with van der Waals surface area (Å²) >= 11 is 0. The molecule has 1 saturated heterocycles. The lowest BCUT2D eigenvalue weighted by atomic mass is 10.1. The molecule has 1 fully saturated rings. The highest BCUT2D eigenvalue weighted by molar-refractivity contribution is 6.02. The number of ether oxygens (including phenoxy) is 1. The Hall–Kier alpha value is -5.95. The number of carbonyl (C=O) groups is 1. The number of piperazine rings is 1. The van der Waals surface area contributed by atoms with Gasteiger partial charge in [0.1, 0.15) is 17.3 Å². The van der Waals surface area contributed by atoms with Gasteiger partial charge in [-0.3, -0.25) is 19.3 Å². The van der Waals surface area contributed by atoms with Crippen molar-refractivity contribution < 1.29 is 18.3 Å². The van der Waals surface area contributed by atoms with Crippen molar-refractivity contribution >= 4 is 28.3 Å². The van der Waals surface area contributed by atoms with Crippen LogP contribution in [0.25, 0.3) is 28.0 Å². The van der Waals surface area contributed by atoms with Gasteiger partial charge in [0.25, 0.3) is 11.5 Å². The summed E-state index contributed by atoms with van der Waals surface area (Å²) in [5.41, 5.74) is 2.35. The van der Waals surface area contributed by atoms with E-state index in [0.29, 0.717) is 28.2 Å². The molecule has 230 valence electrons. The number of hydrogen-bond acceptors (Lipinski definition) is 8. The molecule has 46 heavy (non-hydrogen) atoms. The van der Waals surface area contributed by atoms with E-state index in [4.69, 9.17) is 4.74 Å². The third-order valence-electron chi connectivity index (χ3n) is 7.62. The molecular weight excluding hydrogens is 594 g/mol. The van der Waals surface area contributed by atoms with Gasteiger partial charge in [-0.15, -0.1) is 0 Å². The Morgan fingerprint density at radius 3 is 2.39 bits per heavy atom. The molecule has 3 N–H and O–H groups in total. The third-order valence-corrected chi connectivity index (χ3v) is 7.62. The van der Waals surface area contributed by atoms with Crippen molar-refractivity contribution in [1.29, 1.82) is 0 Å². The second kappa shape index (κ2) is 12.2. The van der Waals surface area contributed by atoms with E-state index in [-0.39, 0.29) is 11.4 Å². The Morgan fingerprint density at radius 1 is 0.870 bits per heavy atom. The number of carbonyl (C=O) groups excluding carboxylic acids is 1. The standard InChI is InChI=1S/C33H26F2N8O3/c34-21-3-8-24(9-4-21)43-18-15-37-30(33(43)45)32(44)39-22-5-10-26(25(35)19-22)46-27-11-12-38-31-28(27)29(40-41-31)20-1-6-23(7-2-20)42-16-13-36-14-17-42/h1-12,15,18-19,36H,13-14,16-17H2,(H,39,44)(H,38,40,41). The maximum Gasteiger partial charge on any atom is 0.286 e. The average molecular weight is 621 g/mol. The predicted octanol–water partition coefficient (Wildman–Crippen LogP) is 4.90. The van der Waals surface area contributed by atoms with Gasteiger partial charge in [0.2, 0.25) is 0 Å². The Bertz CT molecular complexity index is 2110. The van der Waals surface area contributed by atoms with E-state index in [1.807, 2.05) is 24.3 Å². The number of nitrogens with one attached hydrogen (secondary N) is 3. The molecule has 6 aromatic rings. The smallest absolute Gasteiger partial charge is 0.286 e. The van der Waals surface area contributed by atoms with E-state index in [2.05, 4.69) is 35.7 Å². The number of aromatic nitrogens is 5. The maximum absolute atomic E-state index is 15.3. The summed E-state index contributed by atoms with van der Waals surface area (Å²) in [7, 11) is 0. The average Bonchev–Trinajstić information content (AvgIpc) is 3.52. The van der Waals surface area contributed by atoms with Crippen molar-refractivity contribution in [3.63, 3.8) is 0 Å². The first kappa shape index (κ1) is 28.8. The van der Waals surface area contributed by atoms with Crippen molar-refractivity contribution in [2.24, 2.45) is 0 Å². The first-order chi connectivity index (χ1) is 22.4. The van der Waals surface area contributed by atoms with Crippen LogP contribution in [0.4, 0.5) is 20.2 Å². The SMILES string of the molecule is O=C(Nc1ccc(Oc2ccnc3[nH]nc(-c4ccc(N5CCNCC5)cc4)c23)c(F)c1)c1nccn(-c2ccc(F)cc2)c1=O. The molecule has 0 saturated carbocycles. The summed E-state index contributed by atoms with van der Waals surface area (Å²) in [5, 5.41) is 13.8. The number of rotatable bonds is 7. The number of H-pyrrole nitrogens is 1. The largest absolute Gasteiger partial charge is 0.453 e. The monoisotopic (exact) mass is 620 g/mol. The molecule has 0 spiro atoms. The van der Waals surface area contributed by atoms with E-state index >= 15 is 4.39 Å². The molecule has 4 heterocycles. The summed E-state index contributed by atoms with van der Waals surface area (Å²) in [4.78, 5) is 36.5. The van der Waals surface area contributed by atoms with E-state index < -0.39 is 28.8 Å². The van der Waals surface area contributed by atoms with Gasteiger partial charge < -0.3 is 20.3 Å². The van der Waals surface area contributed by atoms with Crippen LogP contribution in [-0.4, -0.2) is 56.8 Å². The summed E-state index contributed by atoms with van der Waals surface area (Å²) in [5.74, 6) is -1.81. The van der Waals surface area contributed by atoms with E-state index in [0.717, 1.165) is 43.5 Å². The Kier molecular flexibility index (Phi) is 7.64. The molecular formula is C33H26F2N8O3. The zero-order valence-electron chi connectivity index (χ0n) is 24.2. The van der Waals surface area contributed by atoms with Gasteiger partial charge in [-0.1, -0.05) is 12.1 Å². The van der Waals surface area contributed by atoms with Gasteiger partial charge in [0.15, 0.2) is 22.9 Å². The molecule has 0 bridgehead atoms. The van der Waals surface area contributed by atoms with Crippen LogP contribution < -0.4 is 25.8 Å². The Labute approximate surface area is 260 Å². The third kappa shape index (κ3) is 5.66. The molecule has 0 aliphatic carbocycles. The van der Waals surface area contributed by atoms with Gasteiger partial charge in [-0.05, 0) is 54.6 Å². The first-order valence-corrected chi connectivity index (χ1v) is 14.5. The van der Waals surface area contributed by atoms with Crippen molar-refractivity contribution in [2.75, 3.05) is 36.4 Å². The fraction of sp³-hybridized carbons (Fsp3) is 0.121. The second-order valence-corrected chi connectivity index (χ2v) is 10.5. The highest BCUT2D eigenvalue weighted by atomic mass is 19.1. The number of aromatic amines is 1.